The molecule has 2 N–H and O–H groups in total. The zero-order chi connectivity index (χ0) is 9.14. The molecule has 0 aliphatic rings. The Morgan fingerprint density at radius 3 is 2.58 bits per heavy atom. The summed E-state index contributed by atoms with van der Waals surface area (Å²) in [4.78, 5) is 0.772. The number of rotatable bonds is 3. The normalized spacial score (nSPS) is 16.0. The van der Waals surface area contributed by atoms with Gasteiger partial charge in [0.05, 0.1) is 6.10 Å². The SMILES string of the molecule is OC(CBr)C(O)c1cc(Br)cs1. The molecule has 0 saturated carbocycles. The van der Waals surface area contributed by atoms with E-state index in [1.165, 1.54) is 11.3 Å². The van der Waals surface area contributed by atoms with Crippen molar-refractivity contribution in [3.63, 3.8) is 0 Å². The van der Waals surface area contributed by atoms with Gasteiger partial charge in [-0.15, -0.1) is 11.3 Å². The lowest BCUT2D eigenvalue weighted by Crippen LogP contribution is -2.18. The van der Waals surface area contributed by atoms with Crippen LogP contribution in [-0.4, -0.2) is 21.6 Å². The number of aliphatic hydroxyl groups is 2. The van der Waals surface area contributed by atoms with Gasteiger partial charge in [-0.3, -0.25) is 0 Å². The van der Waals surface area contributed by atoms with Crippen molar-refractivity contribution in [2.75, 3.05) is 5.33 Å². The molecule has 1 aromatic heterocycles. The molecule has 68 valence electrons. The number of hydrogen-bond acceptors (Lipinski definition) is 3. The predicted octanol–water partition coefficient (Wildman–Crippen LogP) is 2.30. The molecule has 1 rings (SSSR count). The smallest absolute Gasteiger partial charge is 0.115 e. The number of thiophene rings is 1. The highest BCUT2D eigenvalue weighted by molar-refractivity contribution is 9.10. The molecule has 5 heteroatoms. The minimum Gasteiger partial charge on any atom is -0.389 e. The first kappa shape index (κ1) is 10.7. The Labute approximate surface area is 91.5 Å². The van der Waals surface area contributed by atoms with E-state index in [9.17, 15) is 10.2 Å². The van der Waals surface area contributed by atoms with Crippen LogP contribution in [-0.2, 0) is 0 Å². The molecule has 0 radical (unpaired) electrons. The molecule has 1 heterocycles. The van der Waals surface area contributed by atoms with Crippen LogP contribution in [0.1, 0.15) is 11.0 Å². The van der Waals surface area contributed by atoms with Gasteiger partial charge in [0.1, 0.15) is 6.10 Å². The fourth-order valence-electron chi connectivity index (χ4n) is 0.757. The van der Waals surface area contributed by atoms with Gasteiger partial charge in [-0.25, -0.2) is 0 Å². The Hall–Kier alpha value is 0.580. The minimum atomic E-state index is -0.791. The molecule has 12 heavy (non-hydrogen) atoms. The third-order valence-corrected chi connectivity index (χ3v) is 3.83. The second-order valence-electron chi connectivity index (χ2n) is 2.33. The van der Waals surface area contributed by atoms with E-state index < -0.39 is 12.2 Å². The van der Waals surface area contributed by atoms with Gasteiger partial charge in [-0.2, -0.15) is 0 Å². The van der Waals surface area contributed by atoms with Crippen molar-refractivity contribution in [3.05, 3.63) is 20.8 Å². The maximum absolute atomic E-state index is 9.51. The Morgan fingerprint density at radius 2 is 2.17 bits per heavy atom. The zero-order valence-corrected chi connectivity index (χ0v) is 10.1. The monoisotopic (exact) mass is 314 g/mol. The van der Waals surface area contributed by atoms with E-state index in [-0.39, 0.29) is 0 Å². The van der Waals surface area contributed by atoms with Crippen LogP contribution >= 0.6 is 43.2 Å². The van der Waals surface area contributed by atoms with Crippen molar-refractivity contribution < 1.29 is 10.2 Å². The van der Waals surface area contributed by atoms with Gasteiger partial charge in [0.2, 0.25) is 0 Å². The topological polar surface area (TPSA) is 40.5 Å². The lowest BCUT2D eigenvalue weighted by molar-refractivity contribution is 0.0365. The van der Waals surface area contributed by atoms with Crippen LogP contribution in [0.3, 0.4) is 0 Å². The van der Waals surface area contributed by atoms with E-state index in [0.717, 1.165) is 9.35 Å². The Balaban J connectivity index is 2.70. The highest BCUT2D eigenvalue weighted by atomic mass is 79.9. The van der Waals surface area contributed by atoms with Gasteiger partial charge >= 0.3 is 0 Å². The van der Waals surface area contributed by atoms with Gasteiger partial charge < -0.3 is 10.2 Å². The molecule has 0 aliphatic heterocycles. The third kappa shape index (κ3) is 2.53. The molecule has 2 nitrogen and oxygen atoms in total. The van der Waals surface area contributed by atoms with Crippen LogP contribution in [0.15, 0.2) is 15.9 Å². The molecule has 0 aromatic carbocycles. The van der Waals surface area contributed by atoms with Crippen LogP contribution in [0.5, 0.6) is 0 Å². The Kier molecular flexibility index (Phi) is 4.19. The lowest BCUT2D eigenvalue weighted by atomic mass is 10.2. The number of alkyl halides is 1. The van der Waals surface area contributed by atoms with Gasteiger partial charge in [0, 0.05) is 20.1 Å². The molecule has 2 atom stereocenters. The summed E-state index contributed by atoms with van der Waals surface area (Å²) in [6.07, 6.45) is -1.53. The van der Waals surface area contributed by atoms with E-state index in [2.05, 4.69) is 31.9 Å². The fraction of sp³-hybridized carbons (Fsp3) is 0.429. The van der Waals surface area contributed by atoms with Crippen LogP contribution in [0, 0.1) is 0 Å². The van der Waals surface area contributed by atoms with Crippen LogP contribution in [0.4, 0.5) is 0 Å². The van der Waals surface area contributed by atoms with E-state index in [0.29, 0.717) is 5.33 Å². The average Bonchev–Trinajstić information content (AvgIpc) is 2.49. The fourth-order valence-corrected chi connectivity index (χ4v) is 2.60. The molecule has 0 spiro atoms. The van der Waals surface area contributed by atoms with E-state index in [1.807, 2.05) is 5.38 Å². The van der Waals surface area contributed by atoms with Crippen molar-refractivity contribution in [2.24, 2.45) is 0 Å². The first-order valence-electron chi connectivity index (χ1n) is 3.31. The molecule has 0 saturated heterocycles. The van der Waals surface area contributed by atoms with Crippen molar-refractivity contribution in [3.8, 4) is 0 Å². The molecule has 0 aliphatic carbocycles. The summed E-state index contributed by atoms with van der Waals surface area (Å²) in [5.41, 5.74) is 0. The number of hydrogen-bond donors (Lipinski definition) is 2. The number of aliphatic hydroxyl groups excluding tert-OH is 2. The third-order valence-electron chi connectivity index (χ3n) is 1.40. The van der Waals surface area contributed by atoms with Crippen molar-refractivity contribution in [1.29, 1.82) is 0 Å². The second kappa shape index (κ2) is 4.72. The predicted molar refractivity (Wildman–Crippen MR) is 56.8 cm³/mol. The average molecular weight is 316 g/mol. The largest absolute Gasteiger partial charge is 0.389 e. The molecular formula is C7H8Br2O2S. The summed E-state index contributed by atoms with van der Waals surface area (Å²) in [5, 5.41) is 21.0. The number of halogens is 2. The van der Waals surface area contributed by atoms with E-state index >= 15 is 0 Å². The van der Waals surface area contributed by atoms with Crippen molar-refractivity contribution in [1.82, 2.24) is 0 Å². The molecule has 0 fully saturated rings. The standard InChI is InChI=1S/C7H8Br2O2S/c8-2-5(10)7(11)6-1-4(9)3-12-6/h1,3,5,7,10-11H,2H2. The van der Waals surface area contributed by atoms with E-state index in [1.54, 1.807) is 6.07 Å². The van der Waals surface area contributed by atoms with E-state index in [4.69, 9.17) is 0 Å². The first-order chi connectivity index (χ1) is 5.65. The van der Waals surface area contributed by atoms with Crippen molar-refractivity contribution >= 4 is 43.2 Å². The highest BCUT2D eigenvalue weighted by Gasteiger charge is 2.18. The first-order valence-corrected chi connectivity index (χ1v) is 6.10. The Morgan fingerprint density at radius 1 is 1.50 bits per heavy atom. The van der Waals surface area contributed by atoms with Gasteiger partial charge in [-0.05, 0) is 22.0 Å². The summed E-state index contributed by atoms with van der Waals surface area (Å²) in [5.74, 6) is 0. The zero-order valence-electron chi connectivity index (χ0n) is 6.08. The maximum Gasteiger partial charge on any atom is 0.115 e. The van der Waals surface area contributed by atoms with Gasteiger partial charge in [0.25, 0.3) is 0 Å². The van der Waals surface area contributed by atoms with Gasteiger partial charge in [-0.1, -0.05) is 15.9 Å². The van der Waals surface area contributed by atoms with Crippen LogP contribution < -0.4 is 0 Å². The molecule has 2 unspecified atom stereocenters. The quantitative estimate of drug-likeness (QED) is 0.840. The molecular weight excluding hydrogens is 308 g/mol. The van der Waals surface area contributed by atoms with Crippen molar-refractivity contribution in [2.45, 2.75) is 12.2 Å². The molecule has 1 aromatic rings. The Bertz CT molecular complexity index is 251. The molecule has 0 bridgehead atoms. The summed E-state index contributed by atoms with van der Waals surface area (Å²) in [6, 6.07) is 1.81. The highest BCUT2D eigenvalue weighted by Crippen LogP contribution is 2.27. The maximum atomic E-state index is 9.51. The minimum absolute atomic E-state index is 0.379. The second-order valence-corrected chi connectivity index (χ2v) is 4.84. The lowest BCUT2D eigenvalue weighted by Gasteiger charge is -2.12. The van der Waals surface area contributed by atoms with Crippen LogP contribution in [0.25, 0.3) is 0 Å². The summed E-state index contributed by atoms with van der Waals surface area (Å²) in [6.45, 7) is 0. The summed E-state index contributed by atoms with van der Waals surface area (Å²) in [7, 11) is 0. The summed E-state index contributed by atoms with van der Waals surface area (Å²) < 4.78 is 0.934. The summed E-state index contributed by atoms with van der Waals surface area (Å²) >= 11 is 7.80. The van der Waals surface area contributed by atoms with Crippen LogP contribution in [0.2, 0.25) is 0 Å². The van der Waals surface area contributed by atoms with Gasteiger partial charge in [0.15, 0.2) is 0 Å². The molecule has 0 amide bonds.